The summed E-state index contributed by atoms with van der Waals surface area (Å²) < 4.78 is 5.28. The van der Waals surface area contributed by atoms with E-state index in [9.17, 15) is 4.79 Å². The minimum Gasteiger partial charge on any atom is -0.497 e. The molecule has 1 aromatic carbocycles. The number of piperazine rings is 1. The van der Waals surface area contributed by atoms with Gasteiger partial charge in [-0.05, 0) is 19.1 Å². The average molecular weight is 303 g/mol. The maximum Gasteiger partial charge on any atom is 0.237 e. The molecule has 1 N–H and O–H groups in total. The van der Waals surface area contributed by atoms with E-state index in [0.717, 1.165) is 31.9 Å². The van der Waals surface area contributed by atoms with E-state index in [1.54, 1.807) is 13.2 Å². The van der Waals surface area contributed by atoms with Crippen molar-refractivity contribution in [3.63, 3.8) is 0 Å². The average Bonchev–Trinajstić information content (AvgIpc) is 2.59. The lowest BCUT2D eigenvalue weighted by Gasteiger charge is -2.38. The highest BCUT2D eigenvalue weighted by molar-refractivity contribution is 5.81. The highest BCUT2D eigenvalue weighted by Gasteiger charge is 2.25. The summed E-state index contributed by atoms with van der Waals surface area (Å²) in [7, 11) is 1.68. The van der Waals surface area contributed by atoms with Gasteiger partial charge in [-0.2, -0.15) is 0 Å². The van der Waals surface area contributed by atoms with E-state index < -0.39 is 0 Å². The van der Waals surface area contributed by atoms with Crippen LogP contribution in [-0.2, 0) is 4.79 Å². The molecule has 5 nitrogen and oxygen atoms in total. The van der Waals surface area contributed by atoms with Crippen LogP contribution in [0.15, 0.2) is 36.9 Å². The molecule has 1 saturated heterocycles. The predicted octanol–water partition coefficient (Wildman–Crippen LogP) is 1.51. The SMILES string of the molecule is C=CCNC(=O)C(C)N1CCN(c2cccc(OC)c2)CC1. The van der Waals surface area contributed by atoms with Crippen molar-refractivity contribution in [2.75, 3.05) is 44.7 Å². The van der Waals surface area contributed by atoms with Gasteiger partial charge in [0.25, 0.3) is 0 Å². The molecule has 1 heterocycles. The van der Waals surface area contributed by atoms with Crippen molar-refractivity contribution in [1.82, 2.24) is 10.2 Å². The van der Waals surface area contributed by atoms with Gasteiger partial charge in [-0.3, -0.25) is 9.69 Å². The molecule has 0 aliphatic carbocycles. The van der Waals surface area contributed by atoms with Gasteiger partial charge in [-0.25, -0.2) is 0 Å². The van der Waals surface area contributed by atoms with Crippen molar-refractivity contribution < 1.29 is 9.53 Å². The summed E-state index contributed by atoms with van der Waals surface area (Å²) in [5.74, 6) is 0.937. The molecule has 1 atom stereocenters. The fourth-order valence-electron chi connectivity index (χ4n) is 2.66. The Morgan fingerprint density at radius 1 is 1.41 bits per heavy atom. The quantitative estimate of drug-likeness (QED) is 0.809. The molecular weight excluding hydrogens is 278 g/mol. The third-order valence-corrected chi connectivity index (χ3v) is 4.08. The largest absolute Gasteiger partial charge is 0.497 e. The molecule has 0 bridgehead atoms. The Morgan fingerprint density at radius 2 is 2.14 bits per heavy atom. The second kappa shape index (κ2) is 7.84. The van der Waals surface area contributed by atoms with Gasteiger partial charge in [0.1, 0.15) is 5.75 Å². The van der Waals surface area contributed by atoms with E-state index in [4.69, 9.17) is 4.74 Å². The lowest BCUT2D eigenvalue weighted by molar-refractivity contribution is -0.125. The molecule has 0 aromatic heterocycles. The van der Waals surface area contributed by atoms with E-state index in [1.165, 1.54) is 5.69 Å². The van der Waals surface area contributed by atoms with Gasteiger partial charge in [0, 0.05) is 44.5 Å². The Hall–Kier alpha value is -2.01. The van der Waals surface area contributed by atoms with Gasteiger partial charge in [-0.1, -0.05) is 12.1 Å². The second-order valence-corrected chi connectivity index (χ2v) is 5.43. The highest BCUT2D eigenvalue weighted by Crippen LogP contribution is 2.22. The Morgan fingerprint density at radius 3 is 2.77 bits per heavy atom. The normalized spacial score (nSPS) is 16.9. The van der Waals surface area contributed by atoms with Gasteiger partial charge in [-0.15, -0.1) is 6.58 Å². The van der Waals surface area contributed by atoms with Crippen LogP contribution in [0.1, 0.15) is 6.92 Å². The van der Waals surface area contributed by atoms with Crippen LogP contribution in [0, 0.1) is 0 Å². The number of hydrogen-bond donors (Lipinski definition) is 1. The number of nitrogens with zero attached hydrogens (tertiary/aromatic N) is 2. The topological polar surface area (TPSA) is 44.8 Å². The molecular formula is C17H25N3O2. The number of methoxy groups -OCH3 is 1. The van der Waals surface area contributed by atoms with Crippen molar-refractivity contribution in [3.05, 3.63) is 36.9 Å². The molecule has 2 rings (SSSR count). The third kappa shape index (κ3) is 4.01. The molecule has 1 fully saturated rings. The molecule has 0 spiro atoms. The van der Waals surface area contributed by atoms with Crippen LogP contribution in [0.5, 0.6) is 5.75 Å². The fraction of sp³-hybridized carbons (Fsp3) is 0.471. The van der Waals surface area contributed by atoms with E-state index in [0.29, 0.717) is 6.54 Å². The van der Waals surface area contributed by atoms with Gasteiger partial charge >= 0.3 is 0 Å². The molecule has 5 heteroatoms. The van der Waals surface area contributed by atoms with Crippen LogP contribution in [0.3, 0.4) is 0 Å². The van der Waals surface area contributed by atoms with E-state index >= 15 is 0 Å². The smallest absolute Gasteiger partial charge is 0.237 e. The molecule has 22 heavy (non-hydrogen) atoms. The summed E-state index contributed by atoms with van der Waals surface area (Å²) in [6.45, 7) is 9.66. The van der Waals surface area contributed by atoms with Crippen molar-refractivity contribution >= 4 is 11.6 Å². The Kier molecular flexibility index (Phi) is 5.83. The summed E-state index contributed by atoms with van der Waals surface area (Å²) in [5.41, 5.74) is 1.17. The molecule has 0 saturated carbocycles. The first kappa shape index (κ1) is 16.4. The molecule has 120 valence electrons. The lowest BCUT2D eigenvalue weighted by Crippen LogP contribution is -2.54. The zero-order chi connectivity index (χ0) is 15.9. The maximum absolute atomic E-state index is 12.0. The van der Waals surface area contributed by atoms with Crippen LogP contribution < -0.4 is 15.0 Å². The minimum absolute atomic E-state index is 0.0646. The van der Waals surface area contributed by atoms with Crippen LogP contribution in [0.25, 0.3) is 0 Å². The van der Waals surface area contributed by atoms with Gasteiger partial charge in [0.2, 0.25) is 5.91 Å². The molecule has 1 amide bonds. The molecule has 1 aliphatic rings. The summed E-state index contributed by atoms with van der Waals surface area (Å²) in [4.78, 5) is 16.5. The standard InChI is InChI=1S/C17H25N3O2/c1-4-8-18-17(21)14(2)19-9-11-20(12-10-19)15-6-5-7-16(13-15)22-3/h4-7,13-14H,1,8-12H2,2-3H3,(H,18,21). The summed E-state index contributed by atoms with van der Waals surface area (Å²) in [5, 5.41) is 2.86. The first-order valence-electron chi connectivity index (χ1n) is 7.67. The number of carbonyl (C=O) groups excluding carboxylic acids is 1. The summed E-state index contributed by atoms with van der Waals surface area (Å²) in [6.07, 6.45) is 1.70. The van der Waals surface area contributed by atoms with E-state index in [-0.39, 0.29) is 11.9 Å². The van der Waals surface area contributed by atoms with Gasteiger partial charge < -0.3 is 15.0 Å². The van der Waals surface area contributed by atoms with Crippen LogP contribution in [0.4, 0.5) is 5.69 Å². The Balaban J connectivity index is 1.89. The number of rotatable bonds is 6. The van der Waals surface area contributed by atoms with Crippen LogP contribution in [0.2, 0.25) is 0 Å². The molecule has 1 aliphatic heterocycles. The van der Waals surface area contributed by atoms with Crippen molar-refractivity contribution in [3.8, 4) is 5.75 Å². The first-order valence-corrected chi connectivity index (χ1v) is 7.67. The fourth-order valence-corrected chi connectivity index (χ4v) is 2.66. The summed E-state index contributed by atoms with van der Waals surface area (Å²) in [6, 6.07) is 8.00. The number of anilines is 1. The number of carbonyl (C=O) groups is 1. The molecule has 0 radical (unpaired) electrons. The number of nitrogens with one attached hydrogen (secondary N) is 1. The second-order valence-electron chi connectivity index (χ2n) is 5.43. The zero-order valence-electron chi connectivity index (χ0n) is 13.4. The maximum atomic E-state index is 12.0. The highest BCUT2D eigenvalue weighted by atomic mass is 16.5. The van der Waals surface area contributed by atoms with Crippen LogP contribution in [-0.4, -0.2) is 56.7 Å². The Bertz CT molecular complexity index is 510. The number of amides is 1. The lowest BCUT2D eigenvalue weighted by atomic mass is 10.2. The molecule has 1 aromatic rings. The zero-order valence-corrected chi connectivity index (χ0v) is 13.4. The van der Waals surface area contributed by atoms with E-state index in [2.05, 4.69) is 33.8 Å². The Labute approximate surface area is 132 Å². The number of ether oxygens (including phenoxy) is 1. The van der Waals surface area contributed by atoms with Crippen molar-refractivity contribution in [2.45, 2.75) is 13.0 Å². The van der Waals surface area contributed by atoms with Gasteiger partial charge in [0.15, 0.2) is 0 Å². The van der Waals surface area contributed by atoms with Crippen molar-refractivity contribution in [2.24, 2.45) is 0 Å². The first-order chi connectivity index (χ1) is 10.7. The van der Waals surface area contributed by atoms with Gasteiger partial charge in [0.05, 0.1) is 13.2 Å². The molecule has 1 unspecified atom stereocenters. The minimum atomic E-state index is -0.104. The van der Waals surface area contributed by atoms with Crippen molar-refractivity contribution in [1.29, 1.82) is 0 Å². The third-order valence-electron chi connectivity index (χ3n) is 4.08. The van der Waals surface area contributed by atoms with Crippen LogP contribution >= 0.6 is 0 Å². The monoisotopic (exact) mass is 303 g/mol. The summed E-state index contributed by atoms with van der Waals surface area (Å²) >= 11 is 0. The number of benzene rings is 1. The van der Waals surface area contributed by atoms with E-state index in [1.807, 2.05) is 19.1 Å². The number of hydrogen-bond acceptors (Lipinski definition) is 4. The predicted molar refractivity (Wildman–Crippen MR) is 89.4 cm³/mol.